The van der Waals surface area contributed by atoms with E-state index < -0.39 is 0 Å². The van der Waals surface area contributed by atoms with Crippen molar-refractivity contribution in [3.05, 3.63) is 0 Å². The summed E-state index contributed by atoms with van der Waals surface area (Å²) in [6, 6.07) is 0. The molecule has 0 spiro atoms. The average molecular weight is 513 g/mol. The topological polar surface area (TPSA) is 75.7 Å². The van der Waals surface area contributed by atoms with Crippen molar-refractivity contribution >= 4 is 27.0 Å². The van der Waals surface area contributed by atoms with Gasteiger partial charge in [0, 0.05) is 32.5 Å². The van der Waals surface area contributed by atoms with E-state index in [0.29, 0.717) is 25.0 Å². The zero-order chi connectivity index (χ0) is 25.6. The molecular formula is C28H53N2O4P. The van der Waals surface area contributed by atoms with Crippen LogP contribution in [0.1, 0.15) is 129 Å². The Hall–Kier alpha value is -1.16. The Balaban J connectivity index is 1.82. The number of rotatable bonds is 22. The molecular weight excluding hydrogens is 459 g/mol. The number of nitrogens with zero attached hydrogens (tertiary/aromatic N) is 1. The molecule has 1 rings (SSSR count). The standard InChI is InChI=1S/C28H53N2O4P/c1-2-3-4-5-6-7-8-9-10-11-12-13-16-19-28(33)34-24-26(31)29-21-17-14-15-18-27(32)30-22-20-25(35)23-30/h25H,2-24,35H2,1H3,(H,29,31). The Bertz CT molecular complexity index is 573. The predicted molar refractivity (Wildman–Crippen MR) is 147 cm³/mol. The first kappa shape index (κ1) is 31.9. The largest absolute Gasteiger partial charge is 0.456 e. The Labute approximate surface area is 217 Å². The van der Waals surface area contributed by atoms with Gasteiger partial charge >= 0.3 is 5.97 Å². The van der Waals surface area contributed by atoms with Crippen LogP contribution in [0.2, 0.25) is 0 Å². The van der Waals surface area contributed by atoms with Crippen molar-refractivity contribution in [3.8, 4) is 0 Å². The van der Waals surface area contributed by atoms with Gasteiger partial charge in [-0.2, -0.15) is 0 Å². The fourth-order valence-corrected chi connectivity index (χ4v) is 4.94. The summed E-state index contributed by atoms with van der Waals surface area (Å²) >= 11 is 0. The second kappa shape index (κ2) is 22.1. The third-order valence-electron chi connectivity index (χ3n) is 6.82. The molecule has 204 valence electrons. The van der Waals surface area contributed by atoms with Crippen LogP contribution in [0.4, 0.5) is 0 Å². The van der Waals surface area contributed by atoms with E-state index in [1.165, 1.54) is 70.6 Å². The SMILES string of the molecule is CCCCCCCCCCCCCCCC(=O)OCC(=O)NCCCCCC(=O)N1CCC(P)C1. The Morgan fingerprint density at radius 3 is 1.91 bits per heavy atom. The first-order chi connectivity index (χ1) is 17.0. The highest BCUT2D eigenvalue weighted by molar-refractivity contribution is 7.17. The number of likely N-dealkylation sites (tertiary alicyclic amines) is 1. The monoisotopic (exact) mass is 512 g/mol. The van der Waals surface area contributed by atoms with Crippen LogP contribution in [-0.4, -0.2) is 54.6 Å². The third kappa shape index (κ3) is 18.7. The van der Waals surface area contributed by atoms with Gasteiger partial charge in [-0.05, 0) is 31.3 Å². The van der Waals surface area contributed by atoms with E-state index in [0.717, 1.165) is 51.6 Å². The second-order valence-electron chi connectivity index (χ2n) is 10.2. The molecule has 35 heavy (non-hydrogen) atoms. The van der Waals surface area contributed by atoms with Gasteiger partial charge in [0.2, 0.25) is 5.91 Å². The molecule has 0 bridgehead atoms. The van der Waals surface area contributed by atoms with Crippen molar-refractivity contribution in [2.45, 2.75) is 135 Å². The van der Waals surface area contributed by atoms with E-state index in [4.69, 9.17) is 4.74 Å². The molecule has 1 N–H and O–H groups in total. The highest BCUT2D eigenvalue weighted by Crippen LogP contribution is 2.18. The number of hydrogen-bond acceptors (Lipinski definition) is 4. The molecule has 0 aliphatic carbocycles. The number of hydrogen-bond donors (Lipinski definition) is 1. The summed E-state index contributed by atoms with van der Waals surface area (Å²) in [7, 11) is 2.80. The summed E-state index contributed by atoms with van der Waals surface area (Å²) in [6.45, 7) is 4.36. The van der Waals surface area contributed by atoms with Gasteiger partial charge in [0.1, 0.15) is 0 Å². The lowest BCUT2D eigenvalue weighted by Gasteiger charge is -2.15. The van der Waals surface area contributed by atoms with Gasteiger partial charge < -0.3 is 15.0 Å². The highest BCUT2D eigenvalue weighted by atomic mass is 31.0. The fourth-order valence-electron chi connectivity index (χ4n) is 4.53. The van der Waals surface area contributed by atoms with E-state index in [-0.39, 0.29) is 24.4 Å². The van der Waals surface area contributed by atoms with E-state index in [2.05, 4.69) is 21.5 Å². The van der Waals surface area contributed by atoms with E-state index in [1.54, 1.807) is 0 Å². The molecule has 0 saturated carbocycles. The Morgan fingerprint density at radius 1 is 0.800 bits per heavy atom. The molecule has 2 atom stereocenters. The van der Waals surface area contributed by atoms with Crippen LogP contribution in [0.15, 0.2) is 0 Å². The van der Waals surface area contributed by atoms with Crippen LogP contribution >= 0.6 is 9.24 Å². The first-order valence-electron chi connectivity index (χ1n) is 14.5. The van der Waals surface area contributed by atoms with Crippen molar-refractivity contribution in [3.63, 3.8) is 0 Å². The van der Waals surface area contributed by atoms with E-state index in [1.807, 2.05) is 4.90 Å². The van der Waals surface area contributed by atoms with Crippen LogP contribution < -0.4 is 5.32 Å². The molecule has 1 saturated heterocycles. The second-order valence-corrected chi connectivity index (χ2v) is 11.1. The average Bonchev–Trinajstić information content (AvgIpc) is 3.29. The molecule has 0 aromatic heterocycles. The van der Waals surface area contributed by atoms with Crippen molar-refractivity contribution in [1.29, 1.82) is 0 Å². The maximum atomic E-state index is 12.1. The number of carbonyl (C=O) groups excluding carboxylic acids is 3. The highest BCUT2D eigenvalue weighted by Gasteiger charge is 2.22. The van der Waals surface area contributed by atoms with E-state index >= 15 is 0 Å². The van der Waals surface area contributed by atoms with Crippen molar-refractivity contribution in [2.24, 2.45) is 0 Å². The maximum absolute atomic E-state index is 12.1. The van der Waals surface area contributed by atoms with Gasteiger partial charge in [0.15, 0.2) is 6.61 Å². The number of ether oxygens (including phenoxy) is 1. The quantitative estimate of drug-likeness (QED) is 0.107. The number of carbonyl (C=O) groups is 3. The number of unbranched alkanes of at least 4 members (excludes halogenated alkanes) is 14. The lowest BCUT2D eigenvalue weighted by molar-refractivity contribution is -0.148. The molecule has 0 aromatic rings. The van der Waals surface area contributed by atoms with Gasteiger partial charge in [-0.15, -0.1) is 9.24 Å². The van der Waals surface area contributed by atoms with Crippen molar-refractivity contribution < 1.29 is 19.1 Å². The minimum atomic E-state index is -0.281. The van der Waals surface area contributed by atoms with Gasteiger partial charge in [-0.25, -0.2) is 0 Å². The molecule has 0 radical (unpaired) electrons. The number of amides is 2. The number of esters is 1. The van der Waals surface area contributed by atoms with Crippen molar-refractivity contribution in [2.75, 3.05) is 26.2 Å². The predicted octanol–water partition coefficient (Wildman–Crippen LogP) is 6.16. The summed E-state index contributed by atoms with van der Waals surface area (Å²) in [5.74, 6) is -0.283. The Morgan fingerprint density at radius 2 is 1.34 bits per heavy atom. The van der Waals surface area contributed by atoms with Crippen LogP contribution in [-0.2, 0) is 19.1 Å². The van der Waals surface area contributed by atoms with Crippen LogP contribution in [0.25, 0.3) is 0 Å². The maximum Gasteiger partial charge on any atom is 0.306 e. The smallest absolute Gasteiger partial charge is 0.306 e. The molecule has 6 nitrogen and oxygen atoms in total. The molecule has 2 amide bonds. The minimum absolute atomic E-state index is 0.194. The molecule has 7 heteroatoms. The van der Waals surface area contributed by atoms with Gasteiger partial charge in [0.05, 0.1) is 0 Å². The van der Waals surface area contributed by atoms with Gasteiger partial charge in [-0.3, -0.25) is 14.4 Å². The summed E-state index contributed by atoms with van der Waals surface area (Å²) in [6.07, 6.45) is 21.2. The van der Waals surface area contributed by atoms with Crippen LogP contribution in [0, 0.1) is 0 Å². The third-order valence-corrected chi connectivity index (χ3v) is 7.36. The molecule has 2 unspecified atom stereocenters. The summed E-state index contributed by atoms with van der Waals surface area (Å²) < 4.78 is 5.08. The van der Waals surface area contributed by atoms with Crippen molar-refractivity contribution in [1.82, 2.24) is 10.2 Å². The van der Waals surface area contributed by atoms with E-state index in [9.17, 15) is 14.4 Å². The molecule has 1 fully saturated rings. The lowest BCUT2D eigenvalue weighted by atomic mass is 10.0. The normalized spacial score (nSPS) is 15.4. The summed E-state index contributed by atoms with van der Waals surface area (Å²) in [5, 5.41) is 2.79. The molecule has 1 aliphatic rings. The zero-order valence-electron chi connectivity index (χ0n) is 22.5. The first-order valence-corrected chi connectivity index (χ1v) is 15.1. The minimum Gasteiger partial charge on any atom is -0.456 e. The molecule has 1 heterocycles. The fraction of sp³-hybridized carbons (Fsp3) is 0.893. The summed E-state index contributed by atoms with van der Waals surface area (Å²) in [5.41, 5.74) is 0.539. The van der Waals surface area contributed by atoms with Gasteiger partial charge in [0.25, 0.3) is 5.91 Å². The summed E-state index contributed by atoms with van der Waals surface area (Å²) in [4.78, 5) is 37.7. The van der Waals surface area contributed by atoms with Crippen LogP contribution in [0.3, 0.4) is 0 Å². The Kier molecular flexibility index (Phi) is 20.1. The molecule has 1 aliphatic heterocycles. The van der Waals surface area contributed by atoms with Crippen LogP contribution in [0.5, 0.6) is 0 Å². The molecule has 0 aromatic carbocycles. The lowest BCUT2D eigenvalue weighted by Crippen LogP contribution is -2.30. The van der Waals surface area contributed by atoms with Gasteiger partial charge in [-0.1, -0.05) is 90.4 Å². The zero-order valence-corrected chi connectivity index (χ0v) is 23.7. The number of nitrogens with one attached hydrogen (secondary N) is 1.